The summed E-state index contributed by atoms with van der Waals surface area (Å²) in [5, 5.41) is 10.2. The lowest BCUT2D eigenvalue weighted by atomic mass is 9.98. The third-order valence-electron chi connectivity index (χ3n) is 7.09. The lowest BCUT2D eigenvalue weighted by Gasteiger charge is -2.21. The third-order valence-corrected chi connectivity index (χ3v) is 9.04. The summed E-state index contributed by atoms with van der Waals surface area (Å²) in [6.45, 7) is 9.54. The first kappa shape index (κ1) is 30.1. The Hall–Kier alpha value is -4.35. The van der Waals surface area contributed by atoms with Gasteiger partial charge in [0.1, 0.15) is 28.9 Å². The van der Waals surface area contributed by atoms with Crippen LogP contribution in [-0.2, 0) is 9.47 Å². The van der Waals surface area contributed by atoms with Crippen LogP contribution in [0.1, 0.15) is 80.9 Å². The molecule has 1 aliphatic rings. The van der Waals surface area contributed by atoms with Gasteiger partial charge in [0.25, 0.3) is 5.91 Å². The molecule has 5 rings (SSSR count). The van der Waals surface area contributed by atoms with Crippen LogP contribution in [0, 0.1) is 5.92 Å². The van der Waals surface area contributed by atoms with E-state index in [4.69, 9.17) is 9.47 Å². The van der Waals surface area contributed by atoms with Crippen LogP contribution in [0.3, 0.4) is 0 Å². The number of amides is 2. The number of nitrogens with one attached hydrogen (secondary N) is 2. The Bertz CT molecular complexity index is 1600. The van der Waals surface area contributed by atoms with Crippen LogP contribution in [0.25, 0.3) is 11.1 Å². The third kappa shape index (κ3) is 6.68. The van der Waals surface area contributed by atoms with Crippen molar-refractivity contribution in [2.45, 2.75) is 38.8 Å². The number of carbonyl (C=O) groups excluding carboxylic acids is 3. The van der Waals surface area contributed by atoms with Crippen molar-refractivity contribution in [3.05, 3.63) is 104 Å². The first-order chi connectivity index (χ1) is 20.8. The van der Waals surface area contributed by atoms with E-state index >= 15 is 0 Å². The summed E-state index contributed by atoms with van der Waals surface area (Å²) in [4.78, 5) is 46.8. The number of thiazole rings is 2. The Kier molecular flexibility index (Phi) is 9.32. The highest BCUT2D eigenvalue weighted by Gasteiger charge is 2.30. The second-order valence-electron chi connectivity index (χ2n) is 10.4. The highest BCUT2D eigenvalue weighted by atomic mass is 32.1. The zero-order valence-corrected chi connectivity index (χ0v) is 25.7. The Morgan fingerprint density at radius 2 is 1.49 bits per heavy atom. The SMILES string of the molecule is C=CCOC(=O)c1csc([C@@H](C)NC(=O)c2csc([C@H](NC(=O)OCC3c4ccccc4-c4ccccc43)C(C)C)n2)n1. The average Bonchev–Trinajstić information content (AvgIpc) is 3.76. The van der Waals surface area contributed by atoms with Crippen LogP contribution in [-0.4, -0.2) is 41.2 Å². The zero-order chi connectivity index (χ0) is 30.5. The van der Waals surface area contributed by atoms with Gasteiger partial charge < -0.3 is 20.1 Å². The first-order valence-electron chi connectivity index (χ1n) is 13.9. The van der Waals surface area contributed by atoms with Gasteiger partial charge in [-0.25, -0.2) is 19.6 Å². The molecule has 0 saturated carbocycles. The molecule has 2 N–H and O–H groups in total. The van der Waals surface area contributed by atoms with E-state index in [2.05, 4.69) is 51.4 Å². The van der Waals surface area contributed by atoms with Crippen molar-refractivity contribution < 1.29 is 23.9 Å². The van der Waals surface area contributed by atoms with Crippen molar-refractivity contribution in [3.63, 3.8) is 0 Å². The van der Waals surface area contributed by atoms with E-state index in [1.54, 1.807) is 17.7 Å². The fourth-order valence-corrected chi connectivity index (χ4v) is 6.75. The lowest BCUT2D eigenvalue weighted by molar-refractivity contribution is 0.0543. The highest BCUT2D eigenvalue weighted by molar-refractivity contribution is 7.10. The molecule has 43 heavy (non-hydrogen) atoms. The topological polar surface area (TPSA) is 120 Å². The molecule has 0 spiro atoms. The van der Waals surface area contributed by atoms with Crippen LogP contribution in [0.4, 0.5) is 4.79 Å². The molecule has 0 bridgehead atoms. The summed E-state index contributed by atoms with van der Waals surface area (Å²) in [7, 11) is 0. The van der Waals surface area contributed by atoms with E-state index in [9.17, 15) is 14.4 Å². The number of aromatic nitrogens is 2. The molecule has 4 aromatic rings. The monoisotopic (exact) mass is 616 g/mol. The summed E-state index contributed by atoms with van der Waals surface area (Å²) in [6.07, 6.45) is 0.939. The smallest absolute Gasteiger partial charge is 0.407 e. The largest absolute Gasteiger partial charge is 0.457 e. The summed E-state index contributed by atoms with van der Waals surface area (Å²) in [6, 6.07) is 15.5. The van der Waals surface area contributed by atoms with Crippen molar-refractivity contribution in [1.29, 1.82) is 0 Å². The number of esters is 1. The summed E-state index contributed by atoms with van der Waals surface area (Å²) >= 11 is 2.55. The van der Waals surface area contributed by atoms with Gasteiger partial charge in [0.05, 0.1) is 12.1 Å². The van der Waals surface area contributed by atoms with Crippen molar-refractivity contribution in [1.82, 2.24) is 20.6 Å². The zero-order valence-electron chi connectivity index (χ0n) is 24.0. The van der Waals surface area contributed by atoms with Crippen LogP contribution in [0.2, 0.25) is 0 Å². The number of nitrogens with zero attached hydrogens (tertiary/aromatic N) is 2. The standard InChI is InChI=1S/C32H32N4O5S2/c1-5-14-40-31(38)26-17-42-29(35-26)19(4)33-28(37)25-16-43-30(34-25)27(18(2)3)36-32(39)41-15-24-22-12-8-6-10-20(22)21-11-7-9-13-23(21)24/h5-13,16-19,24,27H,1,14-15H2,2-4H3,(H,33,37)(H,36,39)/t19-,27-/m1/s1. The Labute approximate surface area is 258 Å². The molecular weight excluding hydrogens is 585 g/mol. The van der Waals surface area contributed by atoms with Gasteiger partial charge in [-0.1, -0.05) is 75.0 Å². The minimum atomic E-state index is -0.548. The molecule has 2 amide bonds. The van der Waals surface area contributed by atoms with Crippen molar-refractivity contribution in [3.8, 4) is 11.1 Å². The Morgan fingerprint density at radius 1 is 0.884 bits per heavy atom. The van der Waals surface area contributed by atoms with E-state index in [0.717, 1.165) is 22.3 Å². The number of rotatable bonds is 11. The summed E-state index contributed by atoms with van der Waals surface area (Å²) in [5.74, 6) is -0.978. The van der Waals surface area contributed by atoms with Gasteiger partial charge in [0.15, 0.2) is 5.69 Å². The van der Waals surface area contributed by atoms with Gasteiger partial charge in [-0.2, -0.15) is 0 Å². The van der Waals surface area contributed by atoms with Gasteiger partial charge in [0, 0.05) is 16.7 Å². The van der Waals surface area contributed by atoms with E-state index in [-0.39, 0.29) is 42.3 Å². The van der Waals surface area contributed by atoms with Gasteiger partial charge in [0.2, 0.25) is 0 Å². The van der Waals surface area contributed by atoms with Gasteiger partial charge in [-0.15, -0.1) is 22.7 Å². The predicted octanol–water partition coefficient (Wildman–Crippen LogP) is 6.67. The molecule has 0 fully saturated rings. The molecule has 0 aliphatic heterocycles. The van der Waals surface area contributed by atoms with Gasteiger partial charge in [-0.05, 0) is 35.1 Å². The normalized spacial score (nSPS) is 13.5. The molecule has 222 valence electrons. The molecular formula is C32H32N4O5S2. The van der Waals surface area contributed by atoms with Gasteiger partial charge >= 0.3 is 12.1 Å². The average molecular weight is 617 g/mol. The molecule has 2 aromatic heterocycles. The molecule has 2 heterocycles. The maximum absolute atomic E-state index is 13.0. The number of hydrogen-bond acceptors (Lipinski definition) is 9. The molecule has 2 atom stereocenters. The minimum absolute atomic E-state index is 0.00366. The number of fused-ring (bicyclic) bond motifs is 3. The molecule has 0 unspecified atom stereocenters. The summed E-state index contributed by atoms with van der Waals surface area (Å²) in [5.41, 5.74) is 5.02. The minimum Gasteiger partial charge on any atom is -0.457 e. The van der Waals surface area contributed by atoms with E-state index in [0.29, 0.717) is 10.0 Å². The number of benzene rings is 2. The quantitative estimate of drug-likeness (QED) is 0.143. The number of hydrogen-bond donors (Lipinski definition) is 2. The van der Waals surface area contributed by atoms with Crippen LogP contribution in [0.5, 0.6) is 0 Å². The molecule has 2 aromatic carbocycles. The molecule has 11 heteroatoms. The molecule has 9 nitrogen and oxygen atoms in total. The number of alkyl carbamates (subject to hydrolysis) is 1. The van der Waals surface area contributed by atoms with Crippen molar-refractivity contribution >= 4 is 40.6 Å². The fourth-order valence-electron chi connectivity index (χ4n) is 4.94. The van der Waals surface area contributed by atoms with Crippen LogP contribution in [0.15, 0.2) is 71.9 Å². The molecule has 1 aliphatic carbocycles. The maximum atomic E-state index is 13.0. The van der Waals surface area contributed by atoms with E-state index in [1.165, 1.54) is 28.7 Å². The lowest BCUT2D eigenvalue weighted by Crippen LogP contribution is -2.33. The van der Waals surface area contributed by atoms with E-state index in [1.807, 2.05) is 38.1 Å². The maximum Gasteiger partial charge on any atom is 0.407 e. The second-order valence-corrected chi connectivity index (χ2v) is 12.2. The Balaban J connectivity index is 1.19. The van der Waals surface area contributed by atoms with Crippen LogP contribution >= 0.6 is 22.7 Å². The number of carbonyl (C=O) groups is 3. The molecule has 0 radical (unpaired) electrons. The summed E-state index contributed by atoms with van der Waals surface area (Å²) < 4.78 is 10.8. The second kappa shape index (κ2) is 13.3. The molecule has 0 saturated heterocycles. The fraction of sp³-hybridized carbons (Fsp3) is 0.281. The number of ether oxygens (including phenoxy) is 2. The predicted molar refractivity (Wildman–Crippen MR) is 166 cm³/mol. The van der Waals surface area contributed by atoms with Gasteiger partial charge in [-0.3, -0.25) is 4.79 Å². The first-order valence-corrected chi connectivity index (χ1v) is 15.6. The van der Waals surface area contributed by atoms with Crippen molar-refractivity contribution in [2.75, 3.05) is 13.2 Å². The van der Waals surface area contributed by atoms with E-state index < -0.39 is 24.1 Å². The van der Waals surface area contributed by atoms with Crippen molar-refractivity contribution in [2.24, 2.45) is 5.92 Å². The van der Waals surface area contributed by atoms with Crippen LogP contribution < -0.4 is 10.6 Å². The highest BCUT2D eigenvalue weighted by Crippen LogP contribution is 2.44. The Morgan fingerprint density at radius 3 is 2.14 bits per heavy atom.